The van der Waals surface area contributed by atoms with Crippen LogP contribution in [0.3, 0.4) is 0 Å². The fourth-order valence-electron chi connectivity index (χ4n) is 4.00. The molecule has 2 aromatic carbocycles. The minimum Gasteiger partial charge on any atom is -0.508 e. The average molecular weight is 446 g/mol. The molecule has 32 heavy (non-hydrogen) atoms. The molecule has 1 fully saturated rings. The summed E-state index contributed by atoms with van der Waals surface area (Å²) in [4.78, 5) is 20.5. The van der Waals surface area contributed by atoms with Crippen molar-refractivity contribution < 1.29 is 30.0 Å². The van der Waals surface area contributed by atoms with Crippen molar-refractivity contribution in [1.29, 1.82) is 0 Å². The van der Waals surface area contributed by atoms with E-state index in [-0.39, 0.29) is 5.41 Å². The molecule has 1 aliphatic rings. The van der Waals surface area contributed by atoms with Gasteiger partial charge in [-0.15, -0.1) is 0 Å². The van der Waals surface area contributed by atoms with Gasteiger partial charge in [-0.25, -0.2) is 0 Å². The van der Waals surface area contributed by atoms with Gasteiger partial charge in [-0.1, -0.05) is 37.6 Å². The lowest BCUT2D eigenvalue weighted by Gasteiger charge is -2.30. The first-order chi connectivity index (χ1) is 15.1. The normalized spacial score (nSPS) is 17.5. The van der Waals surface area contributed by atoms with E-state index in [1.807, 2.05) is 24.3 Å². The van der Waals surface area contributed by atoms with Crippen LogP contribution in [0.1, 0.15) is 51.2 Å². The Bertz CT molecular complexity index is 832. The zero-order chi connectivity index (χ0) is 24.1. The Morgan fingerprint density at radius 3 is 2.09 bits per heavy atom. The molecule has 0 aliphatic carbocycles. The molecule has 7 nitrogen and oxygen atoms in total. The number of carbonyl (C=O) groups is 2. The van der Waals surface area contributed by atoms with E-state index in [9.17, 15) is 10.2 Å². The lowest BCUT2D eigenvalue weighted by atomic mass is 9.76. The number of phenols is 2. The van der Waals surface area contributed by atoms with Crippen LogP contribution in [-0.4, -0.2) is 56.9 Å². The van der Waals surface area contributed by atoms with E-state index >= 15 is 0 Å². The Labute approximate surface area is 189 Å². The highest BCUT2D eigenvalue weighted by Crippen LogP contribution is 2.39. The van der Waals surface area contributed by atoms with Crippen molar-refractivity contribution in [1.82, 2.24) is 4.90 Å². The summed E-state index contributed by atoms with van der Waals surface area (Å²) in [6.45, 7) is 7.61. The summed E-state index contributed by atoms with van der Waals surface area (Å²) in [6.07, 6.45) is 4.47. The van der Waals surface area contributed by atoms with Crippen LogP contribution >= 0.6 is 0 Å². The molecule has 0 aromatic heterocycles. The lowest BCUT2D eigenvalue weighted by Crippen LogP contribution is -2.32. The number of hydrogen-bond donors (Lipinski definition) is 4. The predicted molar refractivity (Wildman–Crippen MR) is 124 cm³/mol. The highest BCUT2D eigenvalue weighted by molar-refractivity contribution is 5.63. The first kappa shape index (κ1) is 27.0. The molecule has 4 N–H and O–H groups in total. The Hall–Kier alpha value is -3.06. The molecule has 7 heteroatoms. The first-order valence-corrected chi connectivity index (χ1v) is 10.8. The second-order valence-corrected chi connectivity index (χ2v) is 8.06. The van der Waals surface area contributed by atoms with E-state index in [0.717, 1.165) is 59.2 Å². The largest absolute Gasteiger partial charge is 0.508 e. The summed E-state index contributed by atoms with van der Waals surface area (Å²) >= 11 is 0. The molecule has 1 atom stereocenters. The number of nitrogens with zero attached hydrogens (tertiary/aromatic N) is 1. The number of carboxylic acid groups (broad SMARTS) is 2. The van der Waals surface area contributed by atoms with Crippen molar-refractivity contribution >= 4 is 11.9 Å². The van der Waals surface area contributed by atoms with Crippen molar-refractivity contribution in [2.24, 2.45) is 0 Å². The van der Waals surface area contributed by atoms with E-state index in [4.69, 9.17) is 19.8 Å². The van der Waals surface area contributed by atoms with E-state index in [1.165, 1.54) is 11.1 Å². The fourth-order valence-corrected chi connectivity index (χ4v) is 4.00. The number of phenolic OH excluding ortho intramolecular Hbond substituents is 2. The van der Waals surface area contributed by atoms with Gasteiger partial charge in [0.1, 0.15) is 11.5 Å². The highest BCUT2D eigenvalue weighted by atomic mass is 16.4. The van der Waals surface area contributed by atoms with E-state index in [0.29, 0.717) is 11.5 Å². The SMILES string of the molecule is CC(=O)O.CC(=O)O.CCCC1(c2cccc(O)c2)CCN(CCc2ccc(O)cc2)C1. The Kier molecular flexibility index (Phi) is 11.3. The zero-order valence-electron chi connectivity index (χ0n) is 19.1. The van der Waals surface area contributed by atoms with Gasteiger partial charge in [-0.2, -0.15) is 0 Å². The highest BCUT2D eigenvalue weighted by Gasteiger charge is 2.38. The molecular formula is C25H35NO6. The van der Waals surface area contributed by atoms with Crippen LogP contribution in [0.25, 0.3) is 0 Å². The second kappa shape index (κ2) is 13.4. The maximum atomic E-state index is 9.86. The van der Waals surface area contributed by atoms with Gasteiger partial charge in [-0.3, -0.25) is 9.59 Å². The van der Waals surface area contributed by atoms with Crippen LogP contribution < -0.4 is 0 Å². The molecule has 1 heterocycles. The Morgan fingerprint density at radius 1 is 0.969 bits per heavy atom. The van der Waals surface area contributed by atoms with Crippen molar-refractivity contribution in [3.05, 3.63) is 59.7 Å². The van der Waals surface area contributed by atoms with Gasteiger partial charge in [0.2, 0.25) is 0 Å². The van der Waals surface area contributed by atoms with Crippen molar-refractivity contribution in [2.45, 2.75) is 51.9 Å². The summed E-state index contributed by atoms with van der Waals surface area (Å²) < 4.78 is 0. The minimum absolute atomic E-state index is 0.169. The molecule has 0 amide bonds. The number of benzene rings is 2. The molecule has 2 aromatic rings. The first-order valence-electron chi connectivity index (χ1n) is 10.8. The minimum atomic E-state index is -0.833. The van der Waals surface area contributed by atoms with Crippen LogP contribution in [0, 0.1) is 0 Å². The molecular weight excluding hydrogens is 410 g/mol. The smallest absolute Gasteiger partial charge is 0.300 e. The van der Waals surface area contributed by atoms with Gasteiger partial charge in [-0.05, 0) is 61.2 Å². The number of likely N-dealkylation sites (tertiary alicyclic amines) is 1. The molecule has 0 saturated carbocycles. The van der Waals surface area contributed by atoms with Gasteiger partial charge in [0, 0.05) is 32.4 Å². The second-order valence-electron chi connectivity index (χ2n) is 8.06. The standard InChI is InChI=1S/C21H27NO2.2C2H4O2/c1-2-11-21(18-4-3-5-20(24)15-18)12-14-22(16-21)13-10-17-6-8-19(23)9-7-17;2*1-2(3)4/h3-9,15,23-24H,2,10-14,16H2,1H3;2*1H3,(H,3,4). The summed E-state index contributed by atoms with van der Waals surface area (Å²) in [5.74, 6) is -0.976. The van der Waals surface area contributed by atoms with Crippen LogP contribution in [0.5, 0.6) is 11.5 Å². The third-order valence-corrected chi connectivity index (χ3v) is 5.27. The zero-order valence-corrected chi connectivity index (χ0v) is 19.1. The summed E-state index contributed by atoms with van der Waals surface area (Å²) in [6, 6.07) is 15.3. The molecule has 0 bridgehead atoms. The average Bonchev–Trinajstić information content (AvgIpc) is 3.11. The lowest BCUT2D eigenvalue weighted by molar-refractivity contribution is -0.135. The van der Waals surface area contributed by atoms with Gasteiger partial charge in [0.25, 0.3) is 11.9 Å². The van der Waals surface area contributed by atoms with Crippen LogP contribution in [-0.2, 0) is 21.4 Å². The predicted octanol–water partition coefficient (Wildman–Crippen LogP) is 4.27. The number of carboxylic acids is 2. The van der Waals surface area contributed by atoms with Crippen LogP contribution in [0.4, 0.5) is 0 Å². The van der Waals surface area contributed by atoms with Gasteiger partial charge in [0.15, 0.2) is 0 Å². The third kappa shape index (κ3) is 9.83. The molecule has 1 aliphatic heterocycles. The quantitative estimate of drug-likeness (QED) is 0.524. The summed E-state index contributed by atoms with van der Waals surface area (Å²) in [5.41, 5.74) is 2.71. The van der Waals surface area contributed by atoms with Crippen molar-refractivity contribution in [3.63, 3.8) is 0 Å². The number of aliphatic carboxylic acids is 2. The van der Waals surface area contributed by atoms with Crippen LogP contribution in [0.2, 0.25) is 0 Å². The maximum absolute atomic E-state index is 9.86. The fraction of sp³-hybridized carbons (Fsp3) is 0.440. The summed E-state index contributed by atoms with van der Waals surface area (Å²) in [7, 11) is 0. The monoisotopic (exact) mass is 445 g/mol. The Morgan fingerprint density at radius 2 is 1.56 bits per heavy atom. The van der Waals surface area contributed by atoms with Crippen LogP contribution in [0.15, 0.2) is 48.5 Å². The molecule has 0 spiro atoms. The Balaban J connectivity index is 0.000000554. The van der Waals surface area contributed by atoms with Gasteiger partial charge < -0.3 is 25.3 Å². The van der Waals surface area contributed by atoms with E-state index < -0.39 is 11.9 Å². The van der Waals surface area contributed by atoms with Crippen molar-refractivity contribution in [3.8, 4) is 11.5 Å². The van der Waals surface area contributed by atoms with Gasteiger partial charge >= 0.3 is 0 Å². The van der Waals surface area contributed by atoms with Gasteiger partial charge in [0.05, 0.1) is 0 Å². The molecule has 0 radical (unpaired) electrons. The van der Waals surface area contributed by atoms with E-state index in [1.54, 1.807) is 18.2 Å². The molecule has 1 saturated heterocycles. The molecule has 1 unspecified atom stereocenters. The third-order valence-electron chi connectivity index (χ3n) is 5.27. The maximum Gasteiger partial charge on any atom is 0.300 e. The molecule has 3 rings (SSSR count). The molecule has 176 valence electrons. The van der Waals surface area contributed by atoms with Crippen molar-refractivity contribution in [2.75, 3.05) is 19.6 Å². The number of aromatic hydroxyl groups is 2. The number of rotatable bonds is 6. The number of hydrogen-bond acceptors (Lipinski definition) is 5. The topological polar surface area (TPSA) is 118 Å². The van der Waals surface area contributed by atoms with E-state index in [2.05, 4.69) is 17.9 Å². The summed E-state index contributed by atoms with van der Waals surface area (Å²) in [5, 5.41) is 34.1.